The number of halogens is 2. The molecule has 3 nitrogen and oxygen atoms in total. The Hall–Kier alpha value is -1.88. The van der Waals surface area contributed by atoms with E-state index < -0.39 is 5.82 Å². The summed E-state index contributed by atoms with van der Waals surface area (Å²) >= 11 is 3.24. The molecule has 2 rings (SSSR count). The van der Waals surface area contributed by atoms with E-state index >= 15 is 0 Å². The lowest BCUT2D eigenvalue weighted by Gasteiger charge is -2.21. The molecule has 0 atom stereocenters. The van der Waals surface area contributed by atoms with Gasteiger partial charge < -0.3 is 9.64 Å². The first kappa shape index (κ1) is 16.5. The maximum atomic E-state index is 14.3. The molecule has 0 radical (unpaired) electrons. The summed E-state index contributed by atoms with van der Waals surface area (Å²) in [6.45, 7) is 4.73. The fraction of sp³-hybridized carbons (Fsp3) is 0.235. The normalized spacial score (nSPS) is 10.4. The molecule has 0 N–H and O–H groups in total. The summed E-state index contributed by atoms with van der Waals surface area (Å²) < 4.78 is 20.6. The summed E-state index contributed by atoms with van der Waals surface area (Å²) in [6.07, 6.45) is 0. The highest BCUT2D eigenvalue weighted by molar-refractivity contribution is 9.10. The Morgan fingerprint density at radius 3 is 2.41 bits per heavy atom. The van der Waals surface area contributed by atoms with E-state index in [-0.39, 0.29) is 17.2 Å². The molecular weight excluding hydrogens is 349 g/mol. The molecule has 1 amide bonds. The summed E-state index contributed by atoms with van der Waals surface area (Å²) in [5.74, 6) is -0.221. The third-order valence-corrected chi connectivity index (χ3v) is 3.71. The van der Waals surface area contributed by atoms with E-state index in [0.29, 0.717) is 23.3 Å². The number of carbonyl (C=O) groups is 1. The molecule has 0 spiro atoms. The van der Waals surface area contributed by atoms with Crippen LogP contribution in [0.3, 0.4) is 0 Å². The quantitative estimate of drug-likeness (QED) is 0.756. The van der Waals surface area contributed by atoms with E-state index in [9.17, 15) is 9.18 Å². The molecule has 0 saturated heterocycles. The highest BCUT2D eigenvalue weighted by Gasteiger charge is 2.23. The topological polar surface area (TPSA) is 29.5 Å². The van der Waals surface area contributed by atoms with Crippen molar-refractivity contribution >= 4 is 21.8 Å². The number of carbonyl (C=O) groups excluding carboxylic acids is 1. The van der Waals surface area contributed by atoms with Crippen LogP contribution in [0, 0.1) is 5.82 Å². The van der Waals surface area contributed by atoms with Crippen LogP contribution >= 0.6 is 15.9 Å². The van der Waals surface area contributed by atoms with Crippen LogP contribution in [0.25, 0.3) is 0 Å². The van der Waals surface area contributed by atoms with Gasteiger partial charge in [-0.1, -0.05) is 34.1 Å². The first-order chi connectivity index (χ1) is 10.6. The fourth-order valence-electron chi connectivity index (χ4n) is 2.12. The Balaban J connectivity index is 2.46. The molecule has 0 heterocycles. The van der Waals surface area contributed by atoms with Gasteiger partial charge in [-0.15, -0.1) is 0 Å². The number of nitrogens with zero attached hydrogens (tertiary/aromatic N) is 1. The molecule has 0 saturated carbocycles. The summed E-state index contributed by atoms with van der Waals surface area (Å²) in [4.78, 5) is 14.1. The predicted octanol–water partition coefficient (Wildman–Crippen LogP) is 4.86. The average Bonchev–Trinajstić information content (AvgIpc) is 2.48. The average molecular weight is 366 g/mol. The summed E-state index contributed by atoms with van der Waals surface area (Å²) in [5.41, 5.74) is -0.0456. The van der Waals surface area contributed by atoms with Gasteiger partial charge in [-0.2, -0.15) is 0 Å². The van der Waals surface area contributed by atoms with Crippen molar-refractivity contribution in [3.8, 4) is 11.5 Å². The molecule has 0 aliphatic heterocycles. The monoisotopic (exact) mass is 365 g/mol. The van der Waals surface area contributed by atoms with E-state index in [1.54, 1.807) is 23.1 Å². The van der Waals surface area contributed by atoms with Crippen LogP contribution in [0.2, 0.25) is 0 Å². The molecule has 22 heavy (non-hydrogen) atoms. The number of amides is 1. The van der Waals surface area contributed by atoms with Crippen molar-refractivity contribution in [2.24, 2.45) is 0 Å². The number of hydrogen-bond donors (Lipinski definition) is 0. The standard InChI is InChI=1S/C17H17BrFNO2/c1-3-20(4-2)17(21)16-14(19)10-12(18)11-15(16)22-13-8-6-5-7-9-13/h5-11H,3-4H2,1-2H3. The molecule has 0 aliphatic carbocycles. The van der Waals surface area contributed by atoms with Crippen molar-refractivity contribution in [3.63, 3.8) is 0 Å². The van der Waals surface area contributed by atoms with Gasteiger partial charge in [0.15, 0.2) is 0 Å². The summed E-state index contributed by atoms with van der Waals surface area (Å²) in [7, 11) is 0. The van der Waals surface area contributed by atoms with Gasteiger partial charge in [-0.05, 0) is 38.1 Å². The van der Waals surface area contributed by atoms with Crippen molar-refractivity contribution in [3.05, 3.63) is 58.3 Å². The number of rotatable bonds is 5. The third kappa shape index (κ3) is 3.65. The third-order valence-electron chi connectivity index (χ3n) is 3.25. The Labute approximate surface area is 137 Å². The van der Waals surface area contributed by atoms with E-state index in [2.05, 4.69) is 15.9 Å². The number of ether oxygens (including phenoxy) is 1. The highest BCUT2D eigenvalue weighted by Crippen LogP contribution is 2.31. The lowest BCUT2D eigenvalue weighted by atomic mass is 10.1. The van der Waals surface area contributed by atoms with Crippen LogP contribution in [0.5, 0.6) is 11.5 Å². The molecule has 116 valence electrons. The Morgan fingerprint density at radius 2 is 1.82 bits per heavy atom. The lowest BCUT2D eigenvalue weighted by Crippen LogP contribution is -2.31. The molecular formula is C17H17BrFNO2. The number of hydrogen-bond acceptors (Lipinski definition) is 2. The molecule has 2 aromatic rings. The van der Waals surface area contributed by atoms with Gasteiger partial charge in [-0.25, -0.2) is 4.39 Å². The van der Waals surface area contributed by atoms with Gasteiger partial charge >= 0.3 is 0 Å². The molecule has 2 aromatic carbocycles. The zero-order valence-corrected chi connectivity index (χ0v) is 14.1. The highest BCUT2D eigenvalue weighted by atomic mass is 79.9. The van der Waals surface area contributed by atoms with E-state index in [4.69, 9.17) is 4.74 Å². The first-order valence-electron chi connectivity index (χ1n) is 7.08. The minimum absolute atomic E-state index is 0.0456. The Morgan fingerprint density at radius 1 is 1.18 bits per heavy atom. The van der Waals surface area contributed by atoms with E-state index in [1.165, 1.54) is 6.07 Å². The van der Waals surface area contributed by atoms with Crippen molar-refractivity contribution < 1.29 is 13.9 Å². The number of para-hydroxylation sites is 1. The molecule has 0 bridgehead atoms. The maximum absolute atomic E-state index is 14.3. The van der Waals surface area contributed by atoms with Gasteiger partial charge in [0.25, 0.3) is 5.91 Å². The smallest absolute Gasteiger partial charge is 0.260 e. The number of benzene rings is 2. The van der Waals surface area contributed by atoms with Gasteiger partial charge in [-0.3, -0.25) is 4.79 Å². The van der Waals surface area contributed by atoms with Gasteiger partial charge in [0.1, 0.15) is 22.9 Å². The van der Waals surface area contributed by atoms with Gasteiger partial charge in [0.05, 0.1) is 0 Å². The van der Waals surface area contributed by atoms with Crippen LogP contribution < -0.4 is 4.74 Å². The molecule has 5 heteroatoms. The molecule has 0 unspecified atom stereocenters. The zero-order valence-electron chi connectivity index (χ0n) is 12.5. The molecule has 0 fully saturated rings. The minimum Gasteiger partial charge on any atom is -0.456 e. The van der Waals surface area contributed by atoms with Crippen LogP contribution in [-0.4, -0.2) is 23.9 Å². The zero-order chi connectivity index (χ0) is 16.1. The van der Waals surface area contributed by atoms with Gasteiger partial charge in [0, 0.05) is 17.6 Å². The van der Waals surface area contributed by atoms with Crippen LogP contribution in [0.15, 0.2) is 46.9 Å². The van der Waals surface area contributed by atoms with Gasteiger partial charge in [0.2, 0.25) is 0 Å². The SMILES string of the molecule is CCN(CC)C(=O)c1c(F)cc(Br)cc1Oc1ccccc1. The first-order valence-corrected chi connectivity index (χ1v) is 7.87. The second-order valence-corrected chi connectivity index (χ2v) is 5.57. The fourth-order valence-corrected chi connectivity index (χ4v) is 2.53. The van der Waals surface area contributed by atoms with Crippen molar-refractivity contribution in [1.29, 1.82) is 0 Å². The van der Waals surface area contributed by atoms with Crippen molar-refractivity contribution in [2.45, 2.75) is 13.8 Å². The lowest BCUT2D eigenvalue weighted by molar-refractivity contribution is 0.0765. The second-order valence-electron chi connectivity index (χ2n) is 4.65. The second kappa shape index (κ2) is 7.40. The Kier molecular flexibility index (Phi) is 5.55. The largest absolute Gasteiger partial charge is 0.456 e. The molecule has 0 aliphatic rings. The maximum Gasteiger partial charge on any atom is 0.260 e. The summed E-state index contributed by atoms with van der Waals surface area (Å²) in [5, 5.41) is 0. The molecule has 0 aromatic heterocycles. The van der Waals surface area contributed by atoms with Crippen molar-refractivity contribution in [2.75, 3.05) is 13.1 Å². The van der Waals surface area contributed by atoms with Crippen LogP contribution in [-0.2, 0) is 0 Å². The summed E-state index contributed by atoms with van der Waals surface area (Å²) in [6, 6.07) is 11.9. The van der Waals surface area contributed by atoms with E-state index in [0.717, 1.165) is 0 Å². The minimum atomic E-state index is -0.600. The van der Waals surface area contributed by atoms with Crippen LogP contribution in [0.4, 0.5) is 4.39 Å². The van der Waals surface area contributed by atoms with Crippen molar-refractivity contribution in [1.82, 2.24) is 4.90 Å². The van der Waals surface area contributed by atoms with E-state index in [1.807, 2.05) is 32.0 Å². The Bertz CT molecular complexity index is 657. The predicted molar refractivity (Wildman–Crippen MR) is 87.9 cm³/mol. The van der Waals surface area contributed by atoms with Crippen LogP contribution in [0.1, 0.15) is 24.2 Å².